The summed E-state index contributed by atoms with van der Waals surface area (Å²) in [5.74, 6) is 0. The van der Waals surface area contributed by atoms with Crippen molar-refractivity contribution in [3.8, 4) is 0 Å². The van der Waals surface area contributed by atoms with Gasteiger partial charge in [-0.05, 0) is 18.6 Å². The molecule has 3 heteroatoms. The van der Waals surface area contributed by atoms with E-state index in [4.69, 9.17) is 10.2 Å². The zero-order valence-corrected chi connectivity index (χ0v) is 7.48. The summed E-state index contributed by atoms with van der Waals surface area (Å²) in [6.07, 6.45) is 0.561. The first-order valence-corrected chi connectivity index (χ1v) is 4.40. The Balaban J connectivity index is 2.46. The summed E-state index contributed by atoms with van der Waals surface area (Å²) in [6, 6.07) is 9.59. The molecule has 0 heterocycles. The molecule has 0 radical (unpaired) electrons. The van der Waals surface area contributed by atoms with Crippen LogP contribution in [0.15, 0.2) is 30.3 Å². The van der Waals surface area contributed by atoms with Crippen molar-refractivity contribution >= 4 is 5.69 Å². The first-order chi connectivity index (χ1) is 6.36. The van der Waals surface area contributed by atoms with Gasteiger partial charge in [-0.2, -0.15) is 0 Å². The SMILES string of the molecule is OCC[C@@H](CO)Nc1ccccc1. The molecule has 1 atom stereocenters. The third kappa shape index (κ3) is 3.44. The van der Waals surface area contributed by atoms with E-state index in [9.17, 15) is 0 Å². The molecule has 0 fully saturated rings. The van der Waals surface area contributed by atoms with Crippen molar-refractivity contribution in [3.05, 3.63) is 30.3 Å². The van der Waals surface area contributed by atoms with Crippen LogP contribution in [0.3, 0.4) is 0 Å². The molecule has 0 aliphatic rings. The zero-order valence-electron chi connectivity index (χ0n) is 7.48. The van der Waals surface area contributed by atoms with E-state index in [2.05, 4.69) is 5.32 Å². The molecule has 0 aliphatic heterocycles. The molecule has 0 spiro atoms. The number of rotatable bonds is 5. The van der Waals surface area contributed by atoms with E-state index in [0.717, 1.165) is 5.69 Å². The van der Waals surface area contributed by atoms with Crippen molar-refractivity contribution in [2.24, 2.45) is 0 Å². The fraction of sp³-hybridized carbons (Fsp3) is 0.400. The van der Waals surface area contributed by atoms with Crippen LogP contribution in [0.2, 0.25) is 0 Å². The van der Waals surface area contributed by atoms with Crippen molar-refractivity contribution < 1.29 is 10.2 Å². The van der Waals surface area contributed by atoms with Gasteiger partial charge < -0.3 is 15.5 Å². The Morgan fingerprint density at radius 1 is 1.15 bits per heavy atom. The summed E-state index contributed by atoms with van der Waals surface area (Å²) in [4.78, 5) is 0. The Morgan fingerprint density at radius 2 is 1.85 bits per heavy atom. The molecule has 72 valence electrons. The number of benzene rings is 1. The Kier molecular flexibility index (Phi) is 4.29. The maximum absolute atomic E-state index is 8.94. The van der Waals surface area contributed by atoms with Gasteiger partial charge in [0.15, 0.2) is 0 Å². The minimum absolute atomic E-state index is 0.0372. The van der Waals surface area contributed by atoms with Gasteiger partial charge in [0.25, 0.3) is 0 Å². The maximum Gasteiger partial charge on any atom is 0.0633 e. The average Bonchev–Trinajstić information content (AvgIpc) is 2.19. The molecule has 13 heavy (non-hydrogen) atoms. The Hall–Kier alpha value is -1.06. The number of aliphatic hydroxyl groups is 2. The minimum atomic E-state index is -0.0626. The van der Waals surface area contributed by atoms with Crippen LogP contribution >= 0.6 is 0 Å². The van der Waals surface area contributed by atoms with Gasteiger partial charge in [-0.15, -0.1) is 0 Å². The van der Waals surface area contributed by atoms with Gasteiger partial charge in [-0.1, -0.05) is 18.2 Å². The highest BCUT2D eigenvalue weighted by atomic mass is 16.3. The van der Waals surface area contributed by atoms with Crippen LogP contribution in [0, 0.1) is 0 Å². The Morgan fingerprint density at radius 3 is 2.38 bits per heavy atom. The van der Waals surface area contributed by atoms with Gasteiger partial charge in [-0.25, -0.2) is 0 Å². The van der Waals surface area contributed by atoms with E-state index >= 15 is 0 Å². The average molecular weight is 181 g/mol. The molecule has 1 aromatic carbocycles. The number of aliphatic hydroxyl groups excluding tert-OH is 2. The summed E-state index contributed by atoms with van der Waals surface area (Å²) in [7, 11) is 0. The van der Waals surface area contributed by atoms with Crippen LogP contribution in [0.5, 0.6) is 0 Å². The monoisotopic (exact) mass is 181 g/mol. The van der Waals surface area contributed by atoms with E-state index < -0.39 is 0 Å². The molecule has 0 saturated carbocycles. The van der Waals surface area contributed by atoms with Crippen molar-refractivity contribution in [3.63, 3.8) is 0 Å². The Labute approximate surface area is 78.0 Å². The third-order valence-corrected chi connectivity index (χ3v) is 1.84. The third-order valence-electron chi connectivity index (χ3n) is 1.84. The van der Waals surface area contributed by atoms with Crippen LogP contribution in [0.4, 0.5) is 5.69 Å². The highest BCUT2D eigenvalue weighted by Crippen LogP contribution is 2.08. The van der Waals surface area contributed by atoms with Crippen LogP contribution in [0.1, 0.15) is 6.42 Å². The van der Waals surface area contributed by atoms with E-state index in [1.54, 1.807) is 0 Å². The summed E-state index contributed by atoms with van der Waals surface area (Å²) >= 11 is 0. The van der Waals surface area contributed by atoms with Gasteiger partial charge >= 0.3 is 0 Å². The largest absolute Gasteiger partial charge is 0.396 e. The molecular weight excluding hydrogens is 166 g/mol. The topological polar surface area (TPSA) is 52.5 Å². The lowest BCUT2D eigenvalue weighted by molar-refractivity contribution is 0.229. The van der Waals surface area contributed by atoms with Gasteiger partial charge in [0.2, 0.25) is 0 Å². The highest BCUT2D eigenvalue weighted by Gasteiger charge is 2.04. The van der Waals surface area contributed by atoms with Crippen molar-refractivity contribution in [2.75, 3.05) is 18.5 Å². The molecule has 0 aliphatic carbocycles. The smallest absolute Gasteiger partial charge is 0.0633 e. The first kappa shape index (κ1) is 10.0. The zero-order chi connectivity index (χ0) is 9.52. The number of hydrogen-bond donors (Lipinski definition) is 3. The maximum atomic E-state index is 8.94. The van der Waals surface area contributed by atoms with Crippen molar-refractivity contribution in [2.45, 2.75) is 12.5 Å². The molecular formula is C10H15NO2. The van der Waals surface area contributed by atoms with Gasteiger partial charge in [0.1, 0.15) is 0 Å². The molecule has 0 bridgehead atoms. The number of para-hydroxylation sites is 1. The predicted molar refractivity (Wildman–Crippen MR) is 52.6 cm³/mol. The van der Waals surface area contributed by atoms with Crippen LogP contribution < -0.4 is 5.32 Å². The molecule has 0 unspecified atom stereocenters. The second-order valence-corrected chi connectivity index (χ2v) is 2.90. The lowest BCUT2D eigenvalue weighted by atomic mass is 10.2. The van der Waals surface area contributed by atoms with Crippen LogP contribution in [-0.4, -0.2) is 29.5 Å². The van der Waals surface area contributed by atoms with Crippen LogP contribution in [0.25, 0.3) is 0 Å². The fourth-order valence-corrected chi connectivity index (χ4v) is 1.14. The van der Waals surface area contributed by atoms with Gasteiger partial charge in [0.05, 0.1) is 12.6 Å². The van der Waals surface area contributed by atoms with E-state index in [1.807, 2.05) is 30.3 Å². The lowest BCUT2D eigenvalue weighted by Gasteiger charge is -2.15. The van der Waals surface area contributed by atoms with Gasteiger partial charge in [0, 0.05) is 12.3 Å². The van der Waals surface area contributed by atoms with Crippen molar-refractivity contribution in [1.82, 2.24) is 0 Å². The fourth-order valence-electron chi connectivity index (χ4n) is 1.14. The molecule has 0 saturated heterocycles. The predicted octanol–water partition coefficient (Wildman–Crippen LogP) is 0.842. The van der Waals surface area contributed by atoms with Crippen LogP contribution in [-0.2, 0) is 0 Å². The molecule has 0 aromatic heterocycles. The summed E-state index contributed by atoms with van der Waals surface area (Å²) < 4.78 is 0. The standard InChI is InChI=1S/C10H15NO2/c12-7-6-10(8-13)11-9-4-2-1-3-5-9/h1-5,10-13H,6-8H2/t10-/m0/s1. The summed E-state index contributed by atoms with van der Waals surface area (Å²) in [5, 5.41) is 20.8. The number of nitrogens with one attached hydrogen (secondary N) is 1. The first-order valence-electron chi connectivity index (χ1n) is 4.40. The van der Waals surface area contributed by atoms with E-state index in [0.29, 0.717) is 6.42 Å². The molecule has 1 aromatic rings. The molecule has 1 rings (SSSR count). The quantitative estimate of drug-likeness (QED) is 0.631. The molecule has 0 amide bonds. The Bertz CT molecular complexity index is 226. The van der Waals surface area contributed by atoms with E-state index in [1.165, 1.54) is 0 Å². The number of anilines is 1. The van der Waals surface area contributed by atoms with E-state index in [-0.39, 0.29) is 19.3 Å². The summed E-state index contributed by atoms with van der Waals surface area (Å²) in [5.41, 5.74) is 0.968. The molecule has 3 N–H and O–H groups in total. The normalized spacial score (nSPS) is 12.5. The van der Waals surface area contributed by atoms with Crippen molar-refractivity contribution in [1.29, 1.82) is 0 Å². The highest BCUT2D eigenvalue weighted by molar-refractivity contribution is 5.43. The second kappa shape index (κ2) is 5.56. The van der Waals surface area contributed by atoms with Gasteiger partial charge in [-0.3, -0.25) is 0 Å². The lowest BCUT2D eigenvalue weighted by Crippen LogP contribution is -2.24. The molecule has 3 nitrogen and oxygen atoms in total. The summed E-state index contributed by atoms with van der Waals surface area (Å²) in [6.45, 7) is 0.126. The second-order valence-electron chi connectivity index (χ2n) is 2.90. The minimum Gasteiger partial charge on any atom is -0.396 e. The number of hydrogen-bond acceptors (Lipinski definition) is 3.